The molecule has 0 aliphatic heterocycles. The van der Waals surface area contributed by atoms with Gasteiger partial charge in [-0.15, -0.1) is 0 Å². The topological polar surface area (TPSA) is 52.0 Å². The first-order valence-electron chi connectivity index (χ1n) is 7.16. The van der Waals surface area contributed by atoms with E-state index < -0.39 is 0 Å². The van der Waals surface area contributed by atoms with Crippen molar-refractivity contribution in [3.63, 3.8) is 0 Å². The molecule has 0 bridgehead atoms. The van der Waals surface area contributed by atoms with Crippen LogP contribution < -0.4 is 5.73 Å². The summed E-state index contributed by atoms with van der Waals surface area (Å²) < 4.78 is 5.83. The maximum Gasteiger partial charge on any atom is 0.199 e. The van der Waals surface area contributed by atoms with E-state index in [-0.39, 0.29) is 5.41 Å². The minimum Gasteiger partial charge on any atom is -0.440 e. The fourth-order valence-electron chi connectivity index (χ4n) is 2.33. The van der Waals surface area contributed by atoms with Gasteiger partial charge in [0, 0.05) is 12.1 Å². The predicted molar refractivity (Wildman–Crippen MR) is 86.4 cm³/mol. The second-order valence-corrected chi connectivity index (χ2v) is 6.46. The van der Waals surface area contributed by atoms with E-state index in [1.807, 2.05) is 30.3 Å². The molecule has 2 aromatic carbocycles. The summed E-state index contributed by atoms with van der Waals surface area (Å²) in [6.07, 6.45) is 0.680. The lowest BCUT2D eigenvalue weighted by Crippen LogP contribution is -2.10. The summed E-state index contributed by atoms with van der Waals surface area (Å²) in [6.45, 7) is 6.59. The van der Waals surface area contributed by atoms with Crippen molar-refractivity contribution in [2.24, 2.45) is 0 Å². The first kappa shape index (κ1) is 13.7. The molecule has 3 nitrogen and oxygen atoms in total. The van der Waals surface area contributed by atoms with Crippen molar-refractivity contribution < 1.29 is 4.42 Å². The zero-order chi connectivity index (χ0) is 15.0. The van der Waals surface area contributed by atoms with Gasteiger partial charge in [-0.05, 0) is 40.8 Å². The van der Waals surface area contributed by atoms with Crippen molar-refractivity contribution in [3.8, 4) is 0 Å². The Morgan fingerprint density at radius 1 is 1.05 bits per heavy atom. The van der Waals surface area contributed by atoms with E-state index in [1.54, 1.807) is 0 Å². The van der Waals surface area contributed by atoms with Gasteiger partial charge >= 0.3 is 0 Å². The van der Waals surface area contributed by atoms with Crippen LogP contribution in [0, 0.1) is 0 Å². The van der Waals surface area contributed by atoms with Crippen molar-refractivity contribution in [3.05, 3.63) is 59.5 Å². The highest BCUT2D eigenvalue weighted by molar-refractivity contribution is 5.73. The van der Waals surface area contributed by atoms with Gasteiger partial charge in [0.2, 0.25) is 0 Å². The molecule has 108 valence electrons. The highest BCUT2D eigenvalue weighted by Gasteiger charge is 2.15. The molecule has 0 amide bonds. The molecule has 0 fully saturated rings. The number of rotatable bonds is 2. The molecule has 0 spiro atoms. The number of nitrogen functional groups attached to an aromatic ring is 1. The predicted octanol–water partition coefficient (Wildman–Crippen LogP) is 4.30. The Morgan fingerprint density at radius 3 is 2.43 bits per heavy atom. The highest BCUT2D eigenvalue weighted by Crippen LogP contribution is 2.26. The number of fused-ring (bicyclic) bond motifs is 1. The summed E-state index contributed by atoms with van der Waals surface area (Å²) in [5, 5.41) is 0. The number of nitrogens with zero attached hydrogens (tertiary/aromatic N) is 1. The van der Waals surface area contributed by atoms with Crippen LogP contribution in [0.5, 0.6) is 0 Å². The van der Waals surface area contributed by atoms with E-state index >= 15 is 0 Å². The van der Waals surface area contributed by atoms with E-state index in [1.165, 1.54) is 5.56 Å². The van der Waals surface area contributed by atoms with Gasteiger partial charge in [-0.25, -0.2) is 4.98 Å². The van der Waals surface area contributed by atoms with Crippen molar-refractivity contribution in [1.82, 2.24) is 4.98 Å². The normalized spacial score (nSPS) is 12.0. The molecular formula is C18H20N2O. The molecular weight excluding hydrogens is 260 g/mol. The van der Waals surface area contributed by atoms with Crippen LogP contribution in [0.15, 0.2) is 46.9 Å². The van der Waals surface area contributed by atoms with Gasteiger partial charge in [-0.1, -0.05) is 39.0 Å². The van der Waals surface area contributed by atoms with Gasteiger partial charge in [0.15, 0.2) is 11.5 Å². The number of nitrogens with two attached hydrogens (primary N) is 1. The van der Waals surface area contributed by atoms with Crippen LogP contribution in [0.25, 0.3) is 11.1 Å². The standard InChI is InChI=1S/C18H20N2O/c1-18(2,3)13-6-9-16-15(11-13)20-17(21-16)10-12-4-7-14(19)8-5-12/h4-9,11H,10,19H2,1-3H3. The van der Waals surface area contributed by atoms with Gasteiger partial charge in [0.05, 0.1) is 0 Å². The van der Waals surface area contributed by atoms with E-state index in [0.717, 1.165) is 28.2 Å². The molecule has 2 N–H and O–H groups in total. The molecule has 0 unspecified atom stereocenters. The second-order valence-electron chi connectivity index (χ2n) is 6.46. The average molecular weight is 280 g/mol. The molecule has 21 heavy (non-hydrogen) atoms. The Balaban J connectivity index is 1.92. The van der Waals surface area contributed by atoms with Crippen LogP contribution in [0.1, 0.15) is 37.8 Å². The largest absolute Gasteiger partial charge is 0.440 e. The molecule has 1 aromatic heterocycles. The Labute approximate surface area is 124 Å². The zero-order valence-electron chi connectivity index (χ0n) is 12.7. The molecule has 3 heteroatoms. The summed E-state index contributed by atoms with van der Waals surface area (Å²) in [5.74, 6) is 0.737. The van der Waals surface area contributed by atoms with Gasteiger partial charge in [0.1, 0.15) is 5.52 Å². The molecule has 3 aromatic rings. The number of benzene rings is 2. The van der Waals surface area contributed by atoms with Crippen LogP contribution in [-0.2, 0) is 11.8 Å². The maximum atomic E-state index is 5.83. The number of hydrogen-bond acceptors (Lipinski definition) is 3. The molecule has 0 saturated carbocycles. The lowest BCUT2D eigenvalue weighted by atomic mass is 9.87. The third-order valence-corrected chi connectivity index (χ3v) is 3.63. The van der Waals surface area contributed by atoms with Crippen LogP contribution in [-0.4, -0.2) is 4.98 Å². The number of anilines is 1. The first-order valence-corrected chi connectivity index (χ1v) is 7.16. The van der Waals surface area contributed by atoms with E-state index in [4.69, 9.17) is 10.2 Å². The van der Waals surface area contributed by atoms with Crippen molar-refractivity contribution in [2.75, 3.05) is 5.73 Å². The summed E-state index contributed by atoms with van der Waals surface area (Å²) in [6, 6.07) is 14.0. The molecule has 0 saturated heterocycles. The van der Waals surface area contributed by atoms with Gasteiger partial charge < -0.3 is 10.2 Å². The molecule has 0 aliphatic rings. The minimum atomic E-state index is 0.115. The Bertz CT molecular complexity index is 764. The number of aromatic nitrogens is 1. The third-order valence-electron chi connectivity index (χ3n) is 3.63. The Kier molecular flexibility index (Phi) is 3.20. The number of oxazole rings is 1. The fourth-order valence-corrected chi connectivity index (χ4v) is 2.33. The quantitative estimate of drug-likeness (QED) is 0.712. The zero-order valence-corrected chi connectivity index (χ0v) is 12.7. The summed E-state index contributed by atoms with van der Waals surface area (Å²) >= 11 is 0. The van der Waals surface area contributed by atoms with Crippen LogP contribution in [0.4, 0.5) is 5.69 Å². The van der Waals surface area contributed by atoms with Crippen LogP contribution in [0.2, 0.25) is 0 Å². The summed E-state index contributed by atoms with van der Waals surface area (Å²) in [5.41, 5.74) is 10.8. The summed E-state index contributed by atoms with van der Waals surface area (Å²) in [7, 11) is 0. The van der Waals surface area contributed by atoms with Crippen LogP contribution >= 0.6 is 0 Å². The fraction of sp³-hybridized carbons (Fsp3) is 0.278. The van der Waals surface area contributed by atoms with Gasteiger partial charge in [-0.2, -0.15) is 0 Å². The minimum absolute atomic E-state index is 0.115. The lowest BCUT2D eigenvalue weighted by molar-refractivity contribution is 0.543. The molecule has 0 atom stereocenters. The van der Waals surface area contributed by atoms with E-state index in [0.29, 0.717) is 6.42 Å². The van der Waals surface area contributed by atoms with E-state index in [2.05, 4.69) is 37.9 Å². The summed E-state index contributed by atoms with van der Waals surface area (Å²) in [4.78, 5) is 4.61. The molecule has 1 heterocycles. The van der Waals surface area contributed by atoms with Gasteiger partial charge in [0.25, 0.3) is 0 Å². The van der Waals surface area contributed by atoms with Crippen molar-refractivity contribution in [2.45, 2.75) is 32.6 Å². The SMILES string of the molecule is CC(C)(C)c1ccc2oc(Cc3ccc(N)cc3)nc2c1. The van der Waals surface area contributed by atoms with Gasteiger partial charge in [-0.3, -0.25) is 0 Å². The molecule has 3 rings (SSSR count). The molecule has 0 radical (unpaired) electrons. The smallest absolute Gasteiger partial charge is 0.199 e. The van der Waals surface area contributed by atoms with Crippen LogP contribution in [0.3, 0.4) is 0 Å². The van der Waals surface area contributed by atoms with Crippen molar-refractivity contribution >= 4 is 16.8 Å². The third kappa shape index (κ3) is 2.92. The average Bonchev–Trinajstić information content (AvgIpc) is 2.81. The number of hydrogen-bond donors (Lipinski definition) is 1. The monoisotopic (exact) mass is 280 g/mol. The van der Waals surface area contributed by atoms with Crippen molar-refractivity contribution in [1.29, 1.82) is 0 Å². The second kappa shape index (κ2) is 4.92. The Hall–Kier alpha value is -2.29. The van der Waals surface area contributed by atoms with E-state index in [9.17, 15) is 0 Å². The highest BCUT2D eigenvalue weighted by atomic mass is 16.3. The lowest BCUT2D eigenvalue weighted by Gasteiger charge is -2.18. The maximum absolute atomic E-state index is 5.83. The first-order chi connectivity index (χ1) is 9.91. The Morgan fingerprint density at radius 2 is 1.76 bits per heavy atom. The molecule has 0 aliphatic carbocycles.